The molecule has 1 amide bonds. The van der Waals surface area contributed by atoms with Gasteiger partial charge in [-0.15, -0.1) is 0 Å². The number of amides is 1. The van der Waals surface area contributed by atoms with Crippen LogP contribution in [0.2, 0.25) is 0 Å². The van der Waals surface area contributed by atoms with Crippen molar-refractivity contribution in [3.63, 3.8) is 0 Å². The molecule has 0 fully saturated rings. The first-order chi connectivity index (χ1) is 10.7. The van der Waals surface area contributed by atoms with Crippen LogP contribution in [0.15, 0.2) is 60.7 Å². The fraction of sp³-hybridized carbons (Fsp3) is 0.278. The maximum Gasteiger partial charge on any atom is 0.256 e. The van der Waals surface area contributed by atoms with Gasteiger partial charge in [0, 0.05) is 19.6 Å². The summed E-state index contributed by atoms with van der Waals surface area (Å²) < 4.78 is 0. The summed E-state index contributed by atoms with van der Waals surface area (Å²) in [6, 6.07) is 18.4. The Balaban J connectivity index is 2.26. The molecule has 0 spiro atoms. The van der Waals surface area contributed by atoms with Gasteiger partial charge in [-0.25, -0.2) is 0 Å². The van der Waals surface area contributed by atoms with Gasteiger partial charge in [0.2, 0.25) is 0 Å². The van der Waals surface area contributed by atoms with Gasteiger partial charge in [0.15, 0.2) is 5.60 Å². The molecule has 1 atom stereocenters. The standard InChI is InChI=1S/C18H21NO3/c20-13-7-12-19-17(21)18(22,16-10-5-2-6-11-16)14-15-8-3-1-4-9-15/h1-6,8-11,20,22H,7,12-14H2,(H,19,21). The summed E-state index contributed by atoms with van der Waals surface area (Å²) in [5.41, 5.74) is -0.190. The normalized spacial score (nSPS) is 13.4. The number of rotatable bonds is 7. The van der Waals surface area contributed by atoms with Crippen LogP contribution in [0.1, 0.15) is 17.5 Å². The number of carbonyl (C=O) groups excluding carboxylic acids is 1. The van der Waals surface area contributed by atoms with E-state index in [2.05, 4.69) is 5.32 Å². The van der Waals surface area contributed by atoms with E-state index in [1.165, 1.54) is 0 Å². The molecule has 0 saturated heterocycles. The number of hydrogen-bond donors (Lipinski definition) is 3. The van der Waals surface area contributed by atoms with Crippen molar-refractivity contribution >= 4 is 5.91 Å². The molecule has 0 aliphatic rings. The third kappa shape index (κ3) is 3.93. The Morgan fingerprint density at radius 3 is 2.18 bits per heavy atom. The van der Waals surface area contributed by atoms with Gasteiger partial charge in [0.1, 0.15) is 0 Å². The summed E-state index contributed by atoms with van der Waals surface area (Å²) in [5.74, 6) is -0.448. The van der Waals surface area contributed by atoms with E-state index in [1.54, 1.807) is 24.3 Å². The lowest BCUT2D eigenvalue weighted by molar-refractivity contribution is -0.140. The topological polar surface area (TPSA) is 69.6 Å². The van der Waals surface area contributed by atoms with Crippen LogP contribution < -0.4 is 5.32 Å². The highest BCUT2D eigenvalue weighted by atomic mass is 16.3. The first kappa shape index (κ1) is 16.2. The van der Waals surface area contributed by atoms with Crippen molar-refractivity contribution in [3.05, 3.63) is 71.8 Å². The molecule has 22 heavy (non-hydrogen) atoms. The number of aliphatic hydroxyl groups excluding tert-OH is 1. The number of nitrogens with one attached hydrogen (secondary N) is 1. The van der Waals surface area contributed by atoms with Crippen LogP contribution in [0.25, 0.3) is 0 Å². The highest BCUT2D eigenvalue weighted by molar-refractivity contribution is 5.86. The first-order valence-corrected chi connectivity index (χ1v) is 7.38. The third-order valence-corrected chi connectivity index (χ3v) is 3.55. The maximum absolute atomic E-state index is 12.5. The predicted octanol–water partition coefficient (Wildman–Crippen LogP) is 1.62. The molecule has 4 nitrogen and oxygen atoms in total. The Bertz CT molecular complexity index is 586. The zero-order chi connectivity index (χ0) is 15.8. The van der Waals surface area contributed by atoms with E-state index in [4.69, 9.17) is 5.11 Å². The van der Waals surface area contributed by atoms with Crippen molar-refractivity contribution in [1.82, 2.24) is 5.32 Å². The summed E-state index contributed by atoms with van der Waals surface area (Å²) in [5, 5.41) is 22.5. The Labute approximate surface area is 130 Å². The molecule has 0 bridgehead atoms. The van der Waals surface area contributed by atoms with Crippen molar-refractivity contribution in [2.75, 3.05) is 13.2 Å². The highest BCUT2D eigenvalue weighted by Crippen LogP contribution is 2.26. The molecule has 0 aliphatic heterocycles. The van der Waals surface area contributed by atoms with E-state index in [0.29, 0.717) is 18.5 Å². The largest absolute Gasteiger partial charge is 0.396 e. The Kier molecular flexibility index (Phi) is 5.69. The fourth-order valence-electron chi connectivity index (χ4n) is 2.35. The van der Waals surface area contributed by atoms with E-state index in [-0.39, 0.29) is 13.0 Å². The minimum atomic E-state index is -1.63. The summed E-state index contributed by atoms with van der Waals surface area (Å²) >= 11 is 0. The molecule has 3 N–H and O–H groups in total. The van der Waals surface area contributed by atoms with Gasteiger partial charge in [-0.2, -0.15) is 0 Å². The number of hydrogen-bond acceptors (Lipinski definition) is 3. The summed E-state index contributed by atoms with van der Waals surface area (Å²) in [6.45, 7) is 0.335. The van der Waals surface area contributed by atoms with Gasteiger partial charge < -0.3 is 15.5 Å². The van der Waals surface area contributed by atoms with E-state index < -0.39 is 11.5 Å². The van der Waals surface area contributed by atoms with Crippen LogP contribution in [0.4, 0.5) is 0 Å². The minimum Gasteiger partial charge on any atom is -0.396 e. The van der Waals surface area contributed by atoms with Crippen molar-refractivity contribution < 1.29 is 15.0 Å². The second kappa shape index (κ2) is 7.73. The molecule has 4 heteroatoms. The van der Waals surface area contributed by atoms with Crippen LogP contribution in [0.5, 0.6) is 0 Å². The molecule has 2 rings (SSSR count). The molecule has 0 heterocycles. The van der Waals surface area contributed by atoms with Crippen molar-refractivity contribution in [2.45, 2.75) is 18.4 Å². The smallest absolute Gasteiger partial charge is 0.256 e. The maximum atomic E-state index is 12.5. The van der Waals surface area contributed by atoms with Gasteiger partial charge >= 0.3 is 0 Å². The van der Waals surface area contributed by atoms with E-state index in [0.717, 1.165) is 5.56 Å². The van der Waals surface area contributed by atoms with Gasteiger partial charge in [-0.05, 0) is 17.5 Å². The molecule has 0 radical (unpaired) electrons. The quantitative estimate of drug-likeness (QED) is 0.680. The monoisotopic (exact) mass is 299 g/mol. The third-order valence-electron chi connectivity index (χ3n) is 3.55. The van der Waals surface area contributed by atoms with Crippen molar-refractivity contribution in [2.24, 2.45) is 0 Å². The minimum absolute atomic E-state index is 0.00271. The highest BCUT2D eigenvalue weighted by Gasteiger charge is 2.37. The lowest BCUT2D eigenvalue weighted by atomic mass is 9.86. The molecule has 2 aromatic carbocycles. The van der Waals surface area contributed by atoms with E-state index in [9.17, 15) is 9.90 Å². The van der Waals surface area contributed by atoms with Crippen LogP contribution >= 0.6 is 0 Å². The average Bonchev–Trinajstić information content (AvgIpc) is 2.56. The van der Waals surface area contributed by atoms with Gasteiger partial charge in [-0.1, -0.05) is 60.7 Å². The molecule has 0 aromatic heterocycles. The van der Waals surface area contributed by atoms with E-state index >= 15 is 0 Å². The Morgan fingerprint density at radius 1 is 1.00 bits per heavy atom. The second-order valence-electron chi connectivity index (χ2n) is 5.22. The van der Waals surface area contributed by atoms with Crippen LogP contribution in [0.3, 0.4) is 0 Å². The zero-order valence-electron chi connectivity index (χ0n) is 12.4. The van der Waals surface area contributed by atoms with Crippen LogP contribution in [-0.2, 0) is 16.8 Å². The molecule has 0 saturated carbocycles. The van der Waals surface area contributed by atoms with E-state index in [1.807, 2.05) is 36.4 Å². The van der Waals surface area contributed by atoms with Gasteiger partial charge in [0.25, 0.3) is 5.91 Å². The predicted molar refractivity (Wildman–Crippen MR) is 85.2 cm³/mol. The first-order valence-electron chi connectivity index (χ1n) is 7.38. The van der Waals surface area contributed by atoms with Crippen LogP contribution in [-0.4, -0.2) is 29.3 Å². The van der Waals surface area contributed by atoms with Crippen LogP contribution in [0, 0.1) is 0 Å². The zero-order valence-corrected chi connectivity index (χ0v) is 12.4. The Hall–Kier alpha value is -2.17. The lowest BCUT2D eigenvalue weighted by Crippen LogP contribution is -2.46. The average molecular weight is 299 g/mol. The number of aliphatic hydroxyl groups is 2. The van der Waals surface area contributed by atoms with Gasteiger partial charge in [0.05, 0.1) is 0 Å². The second-order valence-corrected chi connectivity index (χ2v) is 5.22. The van der Waals surface area contributed by atoms with Crippen molar-refractivity contribution in [3.8, 4) is 0 Å². The summed E-state index contributed by atoms with van der Waals surface area (Å²) in [6.07, 6.45) is 0.657. The molecular weight excluding hydrogens is 278 g/mol. The number of benzene rings is 2. The molecule has 0 aliphatic carbocycles. The SMILES string of the molecule is O=C(NCCCO)C(O)(Cc1ccccc1)c1ccccc1. The van der Waals surface area contributed by atoms with Crippen molar-refractivity contribution in [1.29, 1.82) is 0 Å². The summed E-state index contributed by atoms with van der Waals surface area (Å²) in [7, 11) is 0. The molecular formula is C18H21NO3. The Morgan fingerprint density at radius 2 is 1.59 bits per heavy atom. The molecule has 116 valence electrons. The van der Waals surface area contributed by atoms with Gasteiger partial charge in [-0.3, -0.25) is 4.79 Å². The summed E-state index contributed by atoms with van der Waals surface area (Å²) in [4.78, 5) is 12.5. The molecule has 1 unspecified atom stereocenters. The lowest BCUT2D eigenvalue weighted by Gasteiger charge is -2.27. The molecule has 2 aromatic rings. The fourth-order valence-corrected chi connectivity index (χ4v) is 2.35. The number of carbonyl (C=O) groups is 1.